The Labute approximate surface area is 116 Å². The van der Waals surface area contributed by atoms with Gasteiger partial charge in [-0.1, -0.05) is 32.1 Å². The van der Waals surface area contributed by atoms with Crippen molar-refractivity contribution in [1.29, 1.82) is 0 Å². The van der Waals surface area contributed by atoms with Gasteiger partial charge in [0.05, 0.1) is 0 Å². The Balaban J connectivity index is 1.84. The van der Waals surface area contributed by atoms with Gasteiger partial charge in [-0.25, -0.2) is 9.97 Å². The monoisotopic (exact) mass is 259 g/mol. The van der Waals surface area contributed by atoms with Gasteiger partial charge in [-0.15, -0.1) is 0 Å². The topological polar surface area (TPSA) is 51.8 Å². The summed E-state index contributed by atoms with van der Waals surface area (Å²) < 4.78 is 0. The lowest BCUT2D eigenvalue weighted by molar-refractivity contribution is 0.440. The second-order valence-corrected chi connectivity index (χ2v) is 6.14. The summed E-state index contributed by atoms with van der Waals surface area (Å²) in [7, 11) is 0. The van der Waals surface area contributed by atoms with Crippen LogP contribution in [0.15, 0.2) is 0 Å². The third-order valence-electron chi connectivity index (χ3n) is 4.70. The highest BCUT2D eigenvalue weighted by atomic mass is 15.0. The van der Waals surface area contributed by atoms with Crippen LogP contribution in [0.1, 0.15) is 80.8 Å². The molecule has 0 amide bonds. The summed E-state index contributed by atoms with van der Waals surface area (Å²) >= 11 is 0. The van der Waals surface area contributed by atoms with E-state index in [0.29, 0.717) is 5.92 Å². The number of aryl methyl sites for hydroxylation is 1. The second-order valence-electron chi connectivity index (χ2n) is 6.14. The average Bonchev–Trinajstić information content (AvgIpc) is 2.38. The van der Waals surface area contributed by atoms with Crippen LogP contribution in [0.2, 0.25) is 0 Å². The van der Waals surface area contributed by atoms with E-state index in [0.717, 1.165) is 24.5 Å². The third kappa shape index (κ3) is 2.90. The highest BCUT2D eigenvalue weighted by Gasteiger charge is 2.21. The first-order valence-corrected chi connectivity index (χ1v) is 8.00. The van der Waals surface area contributed by atoms with E-state index >= 15 is 0 Å². The summed E-state index contributed by atoms with van der Waals surface area (Å²) in [6.45, 7) is 0. The van der Waals surface area contributed by atoms with Gasteiger partial charge in [0.2, 0.25) is 0 Å². The lowest BCUT2D eigenvalue weighted by Crippen LogP contribution is -2.16. The number of nitrogen functional groups attached to an aromatic ring is 1. The first kappa shape index (κ1) is 12.9. The Morgan fingerprint density at radius 2 is 1.47 bits per heavy atom. The molecule has 3 nitrogen and oxygen atoms in total. The molecule has 1 fully saturated rings. The van der Waals surface area contributed by atoms with Crippen molar-refractivity contribution in [2.75, 3.05) is 5.73 Å². The van der Waals surface area contributed by atoms with E-state index in [1.54, 1.807) is 0 Å². The Morgan fingerprint density at radius 1 is 0.789 bits per heavy atom. The predicted molar refractivity (Wildman–Crippen MR) is 78.1 cm³/mol. The van der Waals surface area contributed by atoms with Crippen LogP contribution in [0.3, 0.4) is 0 Å². The van der Waals surface area contributed by atoms with Gasteiger partial charge >= 0.3 is 0 Å². The van der Waals surface area contributed by atoms with Crippen LogP contribution in [-0.4, -0.2) is 9.97 Å². The highest BCUT2D eigenvalue weighted by Crippen LogP contribution is 2.31. The molecule has 19 heavy (non-hydrogen) atoms. The van der Waals surface area contributed by atoms with Crippen molar-refractivity contribution in [3.63, 3.8) is 0 Å². The van der Waals surface area contributed by atoms with Crippen molar-refractivity contribution < 1.29 is 0 Å². The van der Waals surface area contributed by atoms with E-state index in [1.807, 2.05) is 0 Å². The van der Waals surface area contributed by atoms with Crippen molar-refractivity contribution in [2.24, 2.45) is 0 Å². The summed E-state index contributed by atoms with van der Waals surface area (Å²) in [5.41, 5.74) is 8.65. The molecule has 1 aromatic heterocycles. The van der Waals surface area contributed by atoms with E-state index in [-0.39, 0.29) is 0 Å². The largest absolute Gasteiger partial charge is 0.383 e. The molecule has 2 aliphatic carbocycles. The molecule has 0 aromatic carbocycles. The van der Waals surface area contributed by atoms with Crippen LogP contribution in [0, 0.1) is 0 Å². The van der Waals surface area contributed by atoms with Crippen molar-refractivity contribution >= 4 is 5.82 Å². The van der Waals surface area contributed by atoms with Crippen molar-refractivity contribution in [3.8, 4) is 0 Å². The minimum Gasteiger partial charge on any atom is -0.383 e. The first-order chi connectivity index (χ1) is 9.34. The molecule has 0 unspecified atom stereocenters. The number of anilines is 1. The minimum atomic E-state index is 0.551. The molecule has 3 heteroatoms. The zero-order valence-electron chi connectivity index (χ0n) is 11.8. The van der Waals surface area contributed by atoms with Crippen LogP contribution in [-0.2, 0) is 12.8 Å². The molecule has 2 N–H and O–H groups in total. The van der Waals surface area contributed by atoms with Gasteiger partial charge in [-0.2, -0.15) is 0 Å². The zero-order chi connectivity index (χ0) is 13.1. The Morgan fingerprint density at radius 3 is 2.26 bits per heavy atom. The maximum absolute atomic E-state index is 6.17. The van der Waals surface area contributed by atoms with E-state index < -0.39 is 0 Å². The van der Waals surface area contributed by atoms with Crippen LogP contribution < -0.4 is 5.73 Å². The maximum atomic E-state index is 6.17. The Bertz CT molecular complexity index is 434. The molecule has 0 radical (unpaired) electrons. The average molecular weight is 259 g/mol. The lowest BCUT2D eigenvalue weighted by atomic mass is 9.89. The SMILES string of the molecule is Nc1nc(C2CCCCCCC2)nc2c1CCCC2. The Hall–Kier alpha value is -1.12. The smallest absolute Gasteiger partial charge is 0.134 e. The zero-order valence-corrected chi connectivity index (χ0v) is 11.8. The van der Waals surface area contributed by atoms with Gasteiger partial charge in [-0.05, 0) is 38.5 Å². The van der Waals surface area contributed by atoms with Gasteiger partial charge in [0.25, 0.3) is 0 Å². The molecule has 0 atom stereocenters. The highest BCUT2D eigenvalue weighted by molar-refractivity contribution is 5.43. The third-order valence-corrected chi connectivity index (χ3v) is 4.70. The summed E-state index contributed by atoms with van der Waals surface area (Å²) in [6.07, 6.45) is 14.0. The van der Waals surface area contributed by atoms with E-state index in [4.69, 9.17) is 10.7 Å². The molecule has 2 aliphatic rings. The standard InChI is InChI=1S/C16H25N3/c17-15-13-10-6-7-11-14(13)18-16(19-15)12-8-4-2-1-3-5-9-12/h12H,1-11H2,(H2,17,18,19). The fraction of sp³-hybridized carbons (Fsp3) is 0.750. The molecule has 1 saturated carbocycles. The van der Waals surface area contributed by atoms with Gasteiger partial charge in [0.15, 0.2) is 0 Å². The second kappa shape index (κ2) is 5.89. The van der Waals surface area contributed by atoms with Crippen LogP contribution in [0.25, 0.3) is 0 Å². The summed E-state index contributed by atoms with van der Waals surface area (Å²) in [4.78, 5) is 9.53. The van der Waals surface area contributed by atoms with Crippen molar-refractivity contribution in [3.05, 3.63) is 17.1 Å². The molecule has 3 rings (SSSR count). The van der Waals surface area contributed by atoms with E-state index in [1.165, 1.54) is 69.0 Å². The normalized spacial score (nSPS) is 21.5. The molecule has 104 valence electrons. The van der Waals surface area contributed by atoms with Crippen LogP contribution in [0.5, 0.6) is 0 Å². The molecule has 0 aliphatic heterocycles. The lowest BCUT2D eigenvalue weighted by Gasteiger charge is -2.22. The van der Waals surface area contributed by atoms with Crippen LogP contribution in [0.4, 0.5) is 5.82 Å². The van der Waals surface area contributed by atoms with Gasteiger partial charge in [-0.3, -0.25) is 0 Å². The fourth-order valence-corrected chi connectivity index (χ4v) is 3.54. The summed E-state index contributed by atoms with van der Waals surface area (Å²) in [5.74, 6) is 2.36. The number of fused-ring (bicyclic) bond motifs is 1. The number of nitrogens with zero attached hydrogens (tertiary/aromatic N) is 2. The number of nitrogens with two attached hydrogens (primary N) is 1. The molecule has 1 heterocycles. The molecule has 0 spiro atoms. The molecule has 0 saturated heterocycles. The molecule has 1 aromatic rings. The molecule has 0 bridgehead atoms. The fourth-order valence-electron chi connectivity index (χ4n) is 3.54. The first-order valence-electron chi connectivity index (χ1n) is 8.00. The van der Waals surface area contributed by atoms with E-state index in [9.17, 15) is 0 Å². The summed E-state index contributed by atoms with van der Waals surface area (Å²) in [6, 6.07) is 0. The Kier molecular flexibility index (Phi) is 4.00. The maximum Gasteiger partial charge on any atom is 0.134 e. The van der Waals surface area contributed by atoms with Crippen LogP contribution >= 0.6 is 0 Å². The van der Waals surface area contributed by atoms with Gasteiger partial charge in [0.1, 0.15) is 11.6 Å². The van der Waals surface area contributed by atoms with Gasteiger partial charge < -0.3 is 5.73 Å². The molecular weight excluding hydrogens is 234 g/mol. The minimum absolute atomic E-state index is 0.551. The predicted octanol–water partition coefficient (Wildman–Crippen LogP) is 3.77. The number of hydrogen-bond donors (Lipinski definition) is 1. The van der Waals surface area contributed by atoms with E-state index in [2.05, 4.69) is 4.98 Å². The van der Waals surface area contributed by atoms with Crippen molar-refractivity contribution in [1.82, 2.24) is 9.97 Å². The number of rotatable bonds is 1. The van der Waals surface area contributed by atoms with Crippen molar-refractivity contribution in [2.45, 2.75) is 76.5 Å². The number of aromatic nitrogens is 2. The summed E-state index contributed by atoms with van der Waals surface area (Å²) in [5, 5.41) is 0. The number of hydrogen-bond acceptors (Lipinski definition) is 3. The molecular formula is C16H25N3. The quantitative estimate of drug-likeness (QED) is 0.835. The van der Waals surface area contributed by atoms with Gasteiger partial charge in [0, 0.05) is 17.2 Å².